The number of halogens is 1. The summed E-state index contributed by atoms with van der Waals surface area (Å²) in [5, 5.41) is 3.31. The number of rotatable bonds is 4. The Morgan fingerprint density at radius 2 is 1.80 bits per heavy atom. The first-order valence-corrected chi connectivity index (χ1v) is 5.45. The zero-order valence-electron chi connectivity index (χ0n) is 9.97. The van der Waals surface area contributed by atoms with E-state index in [0.29, 0.717) is 5.92 Å². The minimum absolute atomic E-state index is 0.0343. The molecule has 0 heterocycles. The number of benzene rings is 1. The van der Waals surface area contributed by atoms with Crippen LogP contribution >= 0.6 is 0 Å². The van der Waals surface area contributed by atoms with E-state index in [9.17, 15) is 4.39 Å². The van der Waals surface area contributed by atoms with E-state index in [1.54, 1.807) is 0 Å². The first-order chi connectivity index (χ1) is 7.01. The highest BCUT2D eigenvalue weighted by Gasteiger charge is 2.27. The standard InChI is InChI=1S/C13H20FN/c1-5-12(13(2,3)15-4)10-6-8-11(14)9-7-10/h6-9,12,15H,5H2,1-4H3/t12-/m1/s1. The maximum absolute atomic E-state index is 12.8. The van der Waals surface area contributed by atoms with Crippen LogP contribution in [-0.4, -0.2) is 12.6 Å². The van der Waals surface area contributed by atoms with Gasteiger partial charge in [-0.2, -0.15) is 0 Å². The highest BCUT2D eigenvalue weighted by molar-refractivity contribution is 5.23. The molecule has 0 radical (unpaired) electrons. The molecule has 1 rings (SSSR count). The minimum atomic E-state index is -0.170. The second-order valence-electron chi connectivity index (χ2n) is 4.48. The van der Waals surface area contributed by atoms with Crippen molar-refractivity contribution in [2.45, 2.75) is 38.6 Å². The molecular weight excluding hydrogens is 189 g/mol. The predicted octanol–water partition coefficient (Wildman–Crippen LogP) is 3.32. The van der Waals surface area contributed by atoms with Gasteiger partial charge in [0, 0.05) is 11.5 Å². The first kappa shape index (κ1) is 12.2. The van der Waals surface area contributed by atoms with Crippen LogP contribution in [0.5, 0.6) is 0 Å². The van der Waals surface area contributed by atoms with Crippen LogP contribution in [0.1, 0.15) is 38.7 Å². The lowest BCUT2D eigenvalue weighted by molar-refractivity contribution is 0.335. The average molecular weight is 209 g/mol. The molecule has 0 aliphatic rings. The molecule has 0 aliphatic heterocycles. The lowest BCUT2D eigenvalue weighted by atomic mass is 9.80. The van der Waals surface area contributed by atoms with Gasteiger partial charge in [0.2, 0.25) is 0 Å². The van der Waals surface area contributed by atoms with Crippen LogP contribution in [-0.2, 0) is 0 Å². The van der Waals surface area contributed by atoms with Crippen molar-refractivity contribution >= 4 is 0 Å². The van der Waals surface area contributed by atoms with Crippen molar-refractivity contribution in [1.82, 2.24) is 5.32 Å². The van der Waals surface area contributed by atoms with Crippen LogP contribution in [0.15, 0.2) is 24.3 Å². The molecule has 0 aromatic heterocycles. The number of hydrogen-bond acceptors (Lipinski definition) is 1. The molecule has 1 nitrogen and oxygen atoms in total. The molecule has 0 fully saturated rings. The van der Waals surface area contributed by atoms with Crippen molar-refractivity contribution in [3.63, 3.8) is 0 Å². The summed E-state index contributed by atoms with van der Waals surface area (Å²) in [6.07, 6.45) is 1.04. The molecule has 1 aromatic rings. The summed E-state index contributed by atoms with van der Waals surface area (Å²) in [4.78, 5) is 0. The van der Waals surface area contributed by atoms with Crippen LogP contribution in [0.2, 0.25) is 0 Å². The number of nitrogens with one attached hydrogen (secondary N) is 1. The van der Waals surface area contributed by atoms with Gasteiger partial charge in [0.15, 0.2) is 0 Å². The van der Waals surface area contributed by atoms with E-state index >= 15 is 0 Å². The summed E-state index contributed by atoms with van der Waals surface area (Å²) < 4.78 is 12.8. The molecule has 0 spiro atoms. The molecule has 0 saturated heterocycles. The summed E-state index contributed by atoms with van der Waals surface area (Å²) in [7, 11) is 1.96. The largest absolute Gasteiger partial charge is 0.314 e. The van der Waals surface area contributed by atoms with E-state index in [2.05, 4.69) is 26.1 Å². The Hall–Kier alpha value is -0.890. The van der Waals surface area contributed by atoms with Crippen molar-refractivity contribution < 1.29 is 4.39 Å². The molecule has 1 N–H and O–H groups in total. The molecular formula is C13H20FN. The normalized spacial score (nSPS) is 13.9. The van der Waals surface area contributed by atoms with Crippen molar-refractivity contribution in [2.24, 2.45) is 0 Å². The Labute approximate surface area is 91.7 Å². The fourth-order valence-corrected chi connectivity index (χ4v) is 2.03. The lowest BCUT2D eigenvalue weighted by Gasteiger charge is -2.34. The van der Waals surface area contributed by atoms with Gasteiger partial charge in [-0.3, -0.25) is 0 Å². The third-order valence-electron chi connectivity index (χ3n) is 3.20. The van der Waals surface area contributed by atoms with Crippen LogP contribution in [0.25, 0.3) is 0 Å². The third-order valence-corrected chi connectivity index (χ3v) is 3.20. The summed E-state index contributed by atoms with van der Waals surface area (Å²) in [5.41, 5.74) is 1.23. The van der Waals surface area contributed by atoms with Gasteiger partial charge in [-0.05, 0) is 45.0 Å². The van der Waals surface area contributed by atoms with Crippen LogP contribution in [0, 0.1) is 5.82 Å². The fourth-order valence-electron chi connectivity index (χ4n) is 2.03. The van der Waals surface area contributed by atoms with E-state index < -0.39 is 0 Å². The van der Waals surface area contributed by atoms with E-state index in [-0.39, 0.29) is 11.4 Å². The monoisotopic (exact) mass is 209 g/mol. The Morgan fingerprint density at radius 3 is 2.20 bits per heavy atom. The molecule has 0 aliphatic carbocycles. The van der Waals surface area contributed by atoms with Crippen molar-refractivity contribution in [3.8, 4) is 0 Å². The second-order valence-corrected chi connectivity index (χ2v) is 4.48. The smallest absolute Gasteiger partial charge is 0.123 e. The Kier molecular flexibility index (Phi) is 3.86. The maximum atomic E-state index is 12.8. The van der Waals surface area contributed by atoms with Gasteiger partial charge in [-0.15, -0.1) is 0 Å². The van der Waals surface area contributed by atoms with Gasteiger partial charge >= 0.3 is 0 Å². The maximum Gasteiger partial charge on any atom is 0.123 e. The Morgan fingerprint density at radius 1 is 1.27 bits per heavy atom. The van der Waals surface area contributed by atoms with Gasteiger partial charge in [0.05, 0.1) is 0 Å². The molecule has 15 heavy (non-hydrogen) atoms. The van der Waals surface area contributed by atoms with Gasteiger partial charge in [0.25, 0.3) is 0 Å². The quantitative estimate of drug-likeness (QED) is 0.802. The molecule has 2 heteroatoms. The molecule has 0 amide bonds. The molecule has 1 aromatic carbocycles. The van der Waals surface area contributed by atoms with Gasteiger partial charge in [0.1, 0.15) is 5.82 Å². The van der Waals surface area contributed by atoms with Crippen molar-refractivity contribution in [3.05, 3.63) is 35.6 Å². The first-order valence-electron chi connectivity index (χ1n) is 5.45. The van der Waals surface area contributed by atoms with E-state index in [4.69, 9.17) is 0 Å². The lowest BCUT2D eigenvalue weighted by Crippen LogP contribution is -2.42. The van der Waals surface area contributed by atoms with Crippen LogP contribution in [0.4, 0.5) is 4.39 Å². The van der Waals surface area contributed by atoms with Crippen LogP contribution < -0.4 is 5.32 Å². The molecule has 0 saturated carbocycles. The Balaban J connectivity index is 2.97. The molecule has 0 unspecified atom stereocenters. The predicted molar refractivity (Wildman–Crippen MR) is 62.6 cm³/mol. The molecule has 84 valence electrons. The van der Waals surface area contributed by atoms with Gasteiger partial charge < -0.3 is 5.32 Å². The average Bonchev–Trinajstić information content (AvgIpc) is 2.22. The summed E-state index contributed by atoms with van der Waals surface area (Å²) in [6.45, 7) is 6.50. The number of likely N-dealkylation sites (N-methyl/N-ethyl adjacent to an activating group) is 1. The topological polar surface area (TPSA) is 12.0 Å². The van der Waals surface area contributed by atoms with Gasteiger partial charge in [-0.25, -0.2) is 4.39 Å². The SMILES string of the molecule is CC[C@H](c1ccc(F)cc1)C(C)(C)NC. The van der Waals surface area contributed by atoms with E-state index in [0.717, 1.165) is 6.42 Å². The zero-order valence-corrected chi connectivity index (χ0v) is 9.97. The summed E-state index contributed by atoms with van der Waals surface area (Å²) in [6, 6.07) is 6.82. The van der Waals surface area contributed by atoms with Crippen molar-refractivity contribution in [2.75, 3.05) is 7.05 Å². The summed E-state index contributed by atoms with van der Waals surface area (Å²) >= 11 is 0. The van der Waals surface area contributed by atoms with Crippen LogP contribution in [0.3, 0.4) is 0 Å². The highest BCUT2D eigenvalue weighted by Crippen LogP contribution is 2.30. The van der Waals surface area contributed by atoms with Crippen molar-refractivity contribution in [1.29, 1.82) is 0 Å². The Bertz CT molecular complexity index is 303. The minimum Gasteiger partial charge on any atom is -0.314 e. The zero-order chi connectivity index (χ0) is 11.5. The van der Waals surface area contributed by atoms with Gasteiger partial charge in [-0.1, -0.05) is 19.1 Å². The fraction of sp³-hybridized carbons (Fsp3) is 0.538. The molecule has 0 bridgehead atoms. The third kappa shape index (κ3) is 2.78. The second kappa shape index (κ2) is 4.75. The number of hydrogen-bond donors (Lipinski definition) is 1. The molecule has 1 atom stereocenters. The van der Waals surface area contributed by atoms with E-state index in [1.165, 1.54) is 17.7 Å². The highest BCUT2D eigenvalue weighted by atomic mass is 19.1. The van der Waals surface area contributed by atoms with E-state index in [1.807, 2.05) is 19.2 Å². The summed E-state index contributed by atoms with van der Waals surface area (Å²) in [5.74, 6) is 0.235.